The van der Waals surface area contributed by atoms with Gasteiger partial charge in [-0.15, -0.1) is 0 Å². The third kappa shape index (κ3) is 5.82. The van der Waals surface area contributed by atoms with Crippen molar-refractivity contribution in [3.8, 4) is 16.8 Å². The fourth-order valence-corrected chi connectivity index (χ4v) is 6.54. The van der Waals surface area contributed by atoms with Crippen molar-refractivity contribution < 1.29 is 10.1 Å². The van der Waals surface area contributed by atoms with Crippen molar-refractivity contribution in [1.82, 2.24) is 4.57 Å². The topological polar surface area (TPSA) is 66.8 Å². The second-order valence-electron chi connectivity index (χ2n) is 12.3. The van der Waals surface area contributed by atoms with Crippen LogP contribution in [0, 0.1) is 12.3 Å². The van der Waals surface area contributed by atoms with E-state index in [1.807, 2.05) is 72.8 Å². The van der Waals surface area contributed by atoms with Gasteiger partial charge in [0.2, 0.25) is 5.90 Å². The highest BCUT2D eigenvalue weighted by Crippen LogP contribution is 2.38. The van der Waals surface area contributed by atoms with Crippen molar-refractivity contribution in [2.24, 2.45) is 0 Å². The molecule has 0 unspecified atom stereocenters. The Morgan fingerprint density at radius 2 is 1.10 bits per heavy atom. The number of para-hydroxylation sites is 2. The number of nitrogens with zero attached hydrogens (tertiary/aromatic N) is 2. The molecule has 0 saturated carbocycles. The maximum atomic E-state index is 8.53. The summed E-state index contributed by atoms with van der Waals surface area (Å²) in [6, 6.07) is 60.3. The summed E-state index contributed by atoms with van der Waals surface area (Å²) in [6.07, 6.45) is 0. The minimum absolute atomic E-state index is 0.00697. The lowest BCUT2D eigenvalue weighted by molar-refractivity contribution is -0.130. The van der Waals surface area contributed by atoms with E-state index < -0.39 is 0 Å². The Kier molecular flexibility index (Phi) is 7.99. The Morgan fingerprint density at radius 3 is 1.80 bits per heavy atom. The summed E-state index contributed by atoms with van der Waals surface area (Å²) < 4.78 is 8.04. The molecule has 50 heavy (non-hydrogen) atoms. The maximum Gasteiger partial charge on any atom is 0.373 e. The highest BCUT2D eigenvalue weighted by molar-refractivity contribution is 6.10. The summed E-state index contributed by atoms with van der Waals surface area (Å²) in [7, 11) is 0. The normalized spacial score (nSPS) is 11.1. The van der Waals surface area contributed by atoms with E-state index in [0.717, 1.165) is 39.4 Å². The predicted octanol–water partition coefficient (Wildman–Crippen LogP) is 9.78. The summed E-state index contributed by atoms with van der Waals surface area (Å²) in [5, 5.41) is 17.1. The zero-order valence-electron chi connectivity index (χ0n) is 27.6. The Balaban J connectivity index is 1.11. The van der Waals surface area contributed by atoms with E-state index in [1.54, 1.807) is 0 Å². The zero-order valence-corrected chi connectivity index (χ0v) is 27.6. The molecule has 0 aliphatic rings. The van der Waals surface area contributed by atoms with Gasteiger partial charge in [0, 0.05) is 39.1 Å². The first kappa shape index (κ1) is 30.6. The lowest BCUT2D eigenvalue weighted by Crippen LogP contribution is -2.43. The molecule has 0 radical (unpaired) electrons. The number of hydrogen-bond donors (Lipinski definition) is 2. The molecule has 240 valence electrons. The Labute approximate surface area is 291 Å². The number of benzene rings is 7. The standard InChI is InChI=1S/C45H34N4O/c1-31-16-23-39(24-17-31)49-42-15-9-8-14-40(42)41-30-35(22-29-43(41)49)32-18-25-37(26-19-32)48(36-12-6-3-7-13-36)38-27-20-34(21-28-38)45(47)50-44(46)33-10-4-2-5-11-33/h2-30,46-47H,1H3/p+1. The van der Waals surface area contributed by atoms with E-state index in [0.29, 0.717) is 5.56 Å². The van der Waals surface area contributed by atoms with Gasteiger partial charge in [-0.2, -0.15) is 0 Å². The van der Waals surface area contributed by atoms with Crippen molar-refractivity contribution >= 4 is 50.7 Å². The molecule has 0 fully saturated rings. The largest absolute Gasteiger partial charge is 0.386 e. The molecule has 8 aromatic rings. The average molecular weight is 648 g/mol. The summed E-state index contributed by atoms with van der Waals surface area (Å²) in [5.74, 6) is 0.189. The van der Waals surface area contributed by atoms with Crippen molar-refractivity contribution in [3.63, 3.8) is 0 Å². The molecule has 8 rings (SSSR count). The van der Waals surface area contributed by atoms with E-state index in [2.05, 4.69) is 120 Å². The van der Waals surface area contributed by atoms with Crippen molar-refractivity contribution in [1.29, 1.82) is 5.41 Å². The number of aryl methyl sites for hydroxylation is 1. The summed E-state index contributed by atoms with van der Waals surface area (Å²) in [4.78, 5) is 2.21. The van der Waals surface area contributed by atoms with Gasteiger partial charge in [-0.1, -0.05) is 90.5 Å². The van der Waals surface area contributed by atoms with Crippen molar-refractivity contribution in [2.45, 2.75) is 6.92 Å². The molecule has 1 heterocycles. The third-order valence-electron chi connectivity index (χ3n) is 9.10. The fraction of sp³-hybridized carbons (Fsp3) is 0.0222. The van der Waals surface area contributed by atoms with Gasteiger partial charge < -0.3 is 14.2 Å². The van der Waals surface area contributed by atoms with Crippen LogP contribution in [0.4, 0.5) is 17.1 Å². The number of ether oxygens (including phenoxy) is 1. The number of anilines is 3. The summed E-state index contributed by atoms with van der Waals surface area (Å²) in [5.41, 5.74) is 11.5. The quantitative estimate of drug-likeness (QED) is 0.134. The van der Waals surface area contributed by atoms with Crippen LogP contribution in [0.2, 0.25) is 0 Å². The van der Waals surface area contributed by atoms with Crippen molar-refractivity contribution in [3.05, 3.63) is 193 Å². The van der Waals surface area contributed by atoms with Gasteiger partial charge in [0.05, 0.1) is 16.6 Å². The van der Waals surface area contributed by atoms with Gasteiger partial charge >= 0.3 is 5.90 Å². The number of fused-ring (bicyclic) bond motifs is 3. The number of nitrogens with two attached hydrogens (primary N) is 1. The number of hydrogen-bond acceptors (Lipinski definition) is 3. The van der Waals surface area contributed by atoms with E-state index in [4.69, 9.17) is 15.6 Å². The van der Waals surface area contributed by atoms with Crippen LogP contribution in [0.15, 0.2) is 176 Å². The van der Waals surface area contributed by atoms with E-state index >= 15 is 0 Å². The first-order valence-corrected chi connectivity index (χ1v) is 16.6. The molecular weight excluding hydrogens is 613 g/mol. The fourth-order valence-electron chi connectivity index (χ4n) is 6.54. The molecule has 0 spiro atoms. The SMILES string of the molecule is Cc1ccc(-n2c3ccccc3c3cc(-c4ccc(N(c5ccccc5)c5ccc(C(=N)OC(=[NH2+])c6ccccc6)cc5)cc4)ccc32)cc1. The third-order valence-corrected chi connectivity index (χ3v) is 9.10. The predicted molar refractivity (Wildman–Crippen MR) is 206 cm³/mol. The van der Waals surface area contributed by atoms with Gasteiger partial charge in [0.25, 0.3) is 0 Å². The molecule has 0 amide bonds. The van der Waals surface area contributed by atoms with Crippen molar-refractivity contribution in [2.75, 3.05) is 4.90 Å². The van der Waals surface area contributed by atoms with E-state index in [9.17, 15) is 0 Å². The second-order valence-corrected chi connectivity index (χ2v) is 12.3. The molecule has 3 N–H and O–H groups in total. The highest BCUT2D eigenvalue weighted by Gasteiger charge is 2.17. The molecule has 0 atom stereocenters. The monoisotopic (exact) mass is 647 g/mol. The van der Waals surface area contributed by atoms with E-state index in [1.165, 1.54) is 27.4 Å². The Morgan fingerprint density at radius 1 is 0.540 bits per heavy atom. The smallest absolute Gasteiger partial charge is 0.373 e. The summed E-state index contributed by atoms with van der Waals surface area (Å²) >= 11 is 0. The second kappa shape index (κ2) is 13.1. The van der Waals surface area contributed by atoms with Crippen LogP contribution >= 0.6 is 0 Å². The van der Waals surface area contributed by atoms with Crippen LogP contribution in [0.5, 0.6) is 0 Å². The minimum Gasteiger partial charge on any atom is -0.386 e. The lowest BCUT2D eigenvalue weighted by atomic mass is 10.0. The molecule has 5 heteroatoms. The molecule has 7 aromatic carbocycles. The zero-order chi connectivity index (χ0) is 34.0. The molecule has 1 aromatic heterocycles. The number of aromatic nitrogens is 1. The van der Waals surface area contributed by atoms with Gasteiger partial charge in [-0.3, -0.25) is 5.41 Å². The Hall–Kier alpha value is -6.72. The number of nitrogens with one attached hydrogen (secondary N) is 1. The van der Waals surface area contributed by atoms with E-state index in [-0.39, 0.29) is 11.8 Å². The summed E-state index contributed by atoms with van der Waals surface area (Å²) in [6.45, 7) is 2.12. The van der Waals surface area contributed by atoms with Gasteiger partial charge in [0.15, 0.2) is 0 Å². The van der Waals surface area contributed by atoms with Crippen LogP contribution in [-0.4, -0.2) is 16.4 Å². The number of rotatable bonds is 7. The van der Waals surface area contributed by atoms with Gasteiger partial charge in [-0.05, 0) is 109 Å². The van der Waals surface area contributed by atoms with Crippen LogP contribution in [0.1, 0.15) is 16.7 Å². The molecule has 5 nitrogen and oxygen atoms in total. The highest BCUT2D eigenvalue weighted by atomic mass is 16.5. The van der Waals surface area contributed by atoms with Crippen LogP contribution < -0.4 is 10.3 Å². The molecule has 0 aliphatic heterocycles. The van der Waals surface area contributed by atoms with Crippen LogP contribution in [0.25, 0.3) is 38.6 Å². The van der Waals surface area contributed by atoms with Gasteiger partial charge in [-0.25, -0.2) is 5.41 Å². The average Bonchev–Trinajstić information content (AvgIpc) is 3.50. The molecule has 0 aliphatic carbocycles. The molecular formula is C45H35N4O+. The van der Waals surface area contributed by atoms with Crippen LogP contribution in [0.3, 0.4) is 0 Å². The molecule has 0 saturated heterocycles. The minimum atomic E-state index is -0.00697. The Bertz CT molecular complexity index is 2470. The lowest BCUT2D eigenvalue weighted by Gasteiger charge is -2.26. The molecule has 0 bridgehead atoms. The maximum absolute atomic E-state index is 8.53. The van der Waals surface area contributed by atoms with Crippen LogP contribution in [-0.2, 0) is 4.74 Å². The first-order valence-electron chi connectivity index (χ1n) is 16.6. The van der Waals surface area contributed by atoms with Gasteiger partial charge in [0.1, 0.15) is 0 Å². The first-order chi connectivity index (χ1) is 24.5.